The lowest BCUT2D eigenvalue weighted by atomic mass is 10.3. The molecule has 1 rings (SSSR count). The number of aliphatic hydroxyl groups is 1. The van der Waals surface area contributed by atoms with Crippen LogP contribution >= 0.6 is 15.9 Å². The first kappa shape index (κ1) is 15.2. The van der Waals surface area contributed by atoms with Gasteiger partial charge in [0.2, 0.25) is 10.0 Å². The predicted molar refractivity (Wildman–Crippen MR) is 72.0 cm³/mol. The van der Waals surface area contributed by atoms with E-state index in [0.717, 1.165) is 0 Å². The van der Waals surface area contributed by atoms with Crippen LogP contribution in [0.15, 0.2) is 21.5 Å². The van der Waals surface area contributed by atoms with Crippen molar-refractivity contribution < 1.29 is 18.3 Å². The Bertz CT molecular complexity index is 533. The van der Waals surface area contributed by atoms with E-state index in [1.807, 2.05) is 0 Å². The summed E-state index contributed by atoms with van der Waals surface area (Å²) in [7, 11) is -2.42. The Labute approximate surface area is 114 Å². The Morgan fingerprint density at radius 1 is 1.56 bits per heavy atom. The number of nitrogens with two attached hydrogens (primary N) is 1. The maximum Gasteiger partial charge on any atom is 0.244 e. The Morgan fingerprint density at radius 3 is 2.67 bits per heavy atom. The van der Waals surface area contributed by atoms with E-state index in [1.54, 1.807) is 6.92 Å². The standard InChI is InChI=1S/C10H15BrN2O4S/c1-6(5-14)13-18(15,16)10-4-8(12)7(11)3-9(10)17-2/h3-4,6,13-14H,5,12H2,1-2H3/t6-/m0/s1. The molecule has 0 bridgehead atoms. The highest BCUT2D eigenvalue weighted by molar-refractivity contribution is 9.10. The fraction of sp³-hybridized carbons (Fsp3) is 0.400. The maximum atomic E-state index is 12.1. The lowest BCUT2D eigenvalue weighted by molar-refractivity contribution is 0.265. The summed E-state index contributed by atoms with van der Waals surface area (Å²) in [5.74, 6) is 0.175. The molecule has 4 N–H and O–H groups in total. The number of ether oxygens (including phenoxy) is 1. The van der Waals surface area contributed by atoms with Crippen LogP contribution in [0.5, 0.6) is 5.75 Å². The van der Waals surface area contributed by atoms with E-state index in [9.17, 15) is 8.42 Å². The van der Waals surface area contributed by atoms with E-state index in [2.05, 4.69) is 20.7 Å². The van der Waals surface area contributed by atoms with Crippen LogP contribution in [-0.4, -0.2) is 33.3 Å². The van der Waals surface area contributed by atoms with Crippen LogP contribution in [0.4, 0.5) is 5.69 Å². The highest BCUT2D eigenvalue weighted by atomic mass is 79.9. The Balaban J connectivity index is 3.27. The van der Waals surface area contributed by atoms with Gasteiger partial charge in [-0.1, -0.05) is 0 Å². The second-order valence-corrected chi connectivity index (χ2v) is 6.27. The van der Waals surface area contributed by atoms with Gasteiger partial charge in [0.05, 0.1) is 13.7 Å². The van der Waals surface area contributed by atoms with Crippen LogP contribution in [0.25, 0.3) is 0 Å². The minimum atomic E-state index is -3.79. The van der Waals surface area contributed by atoms with Crippen molar-refractivity contribution in [1.82, 2.24) is 4.72 Å². The van der Waals surface area contributed by atoms with E-state index < -0.39 is 16.1 Å². The van der Waals surface area contributed by atoms with Crippen molar-refractivity contribution in [3.05, 3.63) is 16.6 Å². The normalized spacial score (nSPS) is 13.3. The fourth-order valence-electron chi connectivity index (χ4n) is 1.29. The molecule has 18 heavy (non-hydrogen) atoms. The van der Waals surface area contributed by atoms with Gasteiger partial charge in [-0.05, 0) is 35.0 Å². The van der Waals surface area contributed by atoms with Crippen LogP contribution in [-0.2, 0) is 10.0 Å². The number of anilines is 1. The number of benzene rings is 1. The molecule has 6 nitrogen and oxygen atoms in total. The molecule has 0 saturated heterocycles. The van der Waals surface area contributed by atoms with Crippen molar-refractivity contribution in [3.8, 4) is 5.75 Å². The van der Waals surface area contributed by atoms with Crippen LogP contribution in [0.1, 0.15) is 6.92 Å². The molecule has 102 valence electrons. The van der Waals surface area contributed by atoms with E-state index in [4.69, 9.17) is 15.6 Å². The first-order valence-corrected chi connectivity index (χ1v) is 7.35. The Hall–Kier alpha value is -0.830. The molecule has 8 heteroatoms. The predicted octanol–water partition coefficient (Wildman–Crippen LogP) is 0.699. The zero-order valence-electron chi connectivity index (χ0n) is 9.97. The van der Waals surface area contributed by atoms with Gasteiger partial charge in [0.25, 0.3) is 0 Å². The van der Waals surface area contributed by atoms with E-state index >= 15 is 0 Å². The van der Waals surface area contributed by atoms with Crippen molar-refractivity contribution in [2.45, 2.75) is 17.9 Å². The zero-order chi connectivity index (χ0) is 13.9. The molecule has 0 aliphatic rings. The van der Waals surface area contributed by atoms with E-state index in [1.165, 1.54) is 19.2 Å². The third-order valence-electron chi connectivity index (χ3n) is 2.20. The van der Waals surface area contributed by atoms with E-state index in [-0.39, 0.29) is 22.9 Å². The van der Waals surface area contributed by atoms with Gasteiger partial charge in [0.15, 0.2) is 0 Å². The number of rotatable bonds is 5. The molecule has 0 radical (unpaired) electrons. The second kappa shape index (κ2) is 5.87. The molecule has 0 fully saturated rings. The first-order chi connectivity index (χ1) is 8.31. The van der Waals surface area contributed by atoms with Crippen LogP contribution in [0.3, 0.4) is 0 Å². The quantitative estimate of drug-likeness (QED) is 0.686. The molecule has 0 unspecified atom stereocenters. The molecule has 1 atom stereocenters. The first-order valence-electron chi connectivity index (χ1n) is 5.08. The molecule has 1 aromatic carbocycles. The molecule has 0 aliphatic heterocycles. The van der Waals surface area contributed by atoms with Gasteiger partial charge < -0.3 is 15.6 Å². The number of hydrogen-bond acceptors (Lipinski definition) is 5. The largest absolute Gasteiger partial charge is 0.495 e. The summed E-state index contributed by atoms with van der Waals surface area (Å²) in [6.07, 6.45) is 0. The minimum absolute atomic E-state index is 0.0639. The summed E-state index contributed by atoms with van der Waals surface area (Å²) in [5, 5.41) is 8.88. The molecule has 0 heterocycles. The monoisotopic (exact) mass is 338 g/mol. The van der Waals surface area contributed by atoms with Crippen molar-refractivity contribution >= 4 is 31.6 Å². The number of methoxy groups -OCH3 is 1. The summed E-state index contributed by atoms with van der Waals surface area (Å²) >= 11 is 3.19. The number of halogens is 1. The number of nitrogen functional groups attached to an aromatic ring is 1. The minimum Gasteiger partial charge on any atom is -0.495 e. The molecular formula is C10H15BrN2O4S. The summed E-state index contributed by atoms with van der Waals surface area (Å²) in [6.45, 7) is 1.25. The van der Waals surface area contributed by atoms with Crippen molar-refractivity contribution in [2.75, 3.05) is 19.5 Å². The second-order valence-electron chi connectivity index (χ2n) is 3.73. The van der Waals surface area contributed by atoms with Crippen molar-refractivity contribution in [3.63, 3.8) is 0 Å². The number of aliphatic hydroxyl groups excluding tert-OH is 1. The third-order valence-corrected chi connectivity index (χ3v) is 4.50. The average Bonchev–Trinajstić information content (AvgIpc) is 2.31. The van der Waals surface area contributed by atoms with Gasteiger partial charge in [-0.2, -0.15) is 0 Å². The fourth-order valence-corrected chi connectivity index (χ4v) is 3.03. The summed E-state index contributed by atoms with van der Waals surface area (Å²) in [5.41, 5.74) is 5.95. The van der Waals surface area contributed by atoms with Gasteiger partial charge >= 0.3 is 0 Å². The van der Waals surface area contributed by atoms with Gasteiger partial charge in [0, 0.05) is 16.2 Å². The average molecular weight is 339 g/mol. The summed E-state index contributed by atoms with van der Waals surface area (Å²) < 4.78 is 32.0. The Morgan fingerprint density at radius 2 is 2.17 bits per heavy atom. The van der Waals surface area contributed by atoms with Crippen LogP contribution < -0.4 is 15.2 Å². The number of sulfonamides is 1. The van der Waals surface area contributed by atoms with Gasteiger partial charge in [-0.25, -0.2) is 13.1 Å². The topological polar surface area (TPSA) is 102 Å². The highest BCUT2D eigenvalue weighted by Gasteiger charge is 2.22. The molecule has 0 aliphatic carbocycles. The van der Waals surface area contributed by atoms with Crippen LogP contribution in [0, 0.1) is 0 Å². The molecule has 0 amide bonds. The van der Waals surface area contributed by atoms with Crippen molar-refractivity contribution in [2.24, 2.45) is 0 Å². The Kier molecular flexibility index (Phi) is 4.97. The lowest BCUT2D eigenvalue weighted by Gasteiger charge is -2.15. The lowest BCUT2D eigenvalue weighted by Crippen LogP contribution is -2.35. The van der Waals surface area contributed by atoms with Crippen molar-refractivity contribution in [1.29, 1.82) is 0 Å². The maximum absolute atomic E-state index is 12.1. The molecule has 1 aromatic rings. The van der Waals surface area contributed by atoms with Crippen LogP contribution in [0.2, 0.25) is 0 Å². The van der Waals surface area contributed by atoms with Gasteiger partial charge in [-0.3, -0.25) is 0 Å². The SMILES string of the molecule is COc1cc(Br)c(N)cc1S(=O)(=O)N[C@@H](C)CO. The molecule has 0 spiro atoms. The summed E-state index contributed by atoms with van der Waals surface area (Å²) in [4.78, 5) is -0.0639. The number of hydrogen-bond donors (Lipinski definition) is 3. The third kappa shape index (κ3) is 3.35. The van der Waals surface area contributed by atoms with Gasteiger partial charge in [0.1, 0.15) is 10.6 Å². The zero-order valence-corrected chi connectivity index (χ0v) is 12.4. The van der Waals surface area contributed by atoms with E-state index in [0.29, 0.717) is 4.47 Å². The molecule has 0 aromatic heterocycles. The summed E-state index contributed by atoms with van der Waals surface area (Å²) in [6, 6.07) is 2.19. The molecular weight excluding hydrogens is 324 g/mol. The number of nitrogens with one attached hydrogen (secondary N) is 1. The van der Waals surface area contributed by atoms with Gasteiger partial charge in [-0.15, -0.1) is 0 Å². The molecule has 0 saturated carbocycles. The highest BCUT2D eigenvalue weighted by Crippen LogP contribution is 2.32. The smallest absolute Gasteiger partial charge is 0.244 e.